The third-order valence-corrected chi connectivity index (χ3v) is 7.98. The van der Waals surface area contributed by atoms with Crippen LogP contribution in [0, 0.1) is 0 Å². The summed E-state index contributed by atoms with van der Waals surface area (Å²) in [5.74, 6) is -0.529. The van der Waals surface area contributed by atoms with Gasteiger partial charge in [0, 0.05) is 21.2 Å². The fourth-order valence-corrected chi connectivity index (χ4v) is 5.41. The second kappa shape index (κ2) is 15.6. The van der Waals surface area contributed by atoms with Crippen LogP contribution in [0.15, 0.2) is 138 Å². The summed E-state index contributed by atoms with van der Waals surface area (Å²) in [5.41, 5.74) is 4.34. The zero-order valence-electron chi connectivity index (χ0n) is 24.8. The van der Waals surface area contributed by atoms with E-state index in [2.05, 4.69) is 16.0 Å². The number of amides is 3. The molecule has 0 unspecified atom stereocenters. The lowest BCUT2D eigenvalue weighted by Crippen LogP contribution is -2.30. The minimum Gasteiger partial charge on any atom is -0.495 e. The predicted molar refractivity (Wildman–Crippen MR) is 186 cm³/mol. The number of anilines is 2. The molecule has 0 saturated heterocycles. The number of carbonyl (C=O) groups excluding carboxylic acids is 3. The quantitative estimate of drug-likeness (QED) is 0.0993. The molecule has 46 heavy (non-hydrogen) atoms. The molecule has 0 heterocycles. The van der Waals surface area contributed by atoms with E-state index in [1.807, 2.05) is 66.7 Å². The van der Waals surface area contributed by atoms with Crippen molar-refractivity contribution in [2.45, 2.75) is 4.90 Å². The van der Waals surface area contributed by atoms with Crippen molar-refractivity contribution in [3.63, 3.8) is 0 Å². The minimum absolute atomic E-state index is 0.0780. The minimum atomic E-state index is -0.496. The summed E-state index contributed by atoms with van der Waals surface area (Å²) in [4.78, 5) is 40.0. The van der Waals surface area contributed by atoms with Gasteiger partial charge in [0.15, 0.2) is 0 Å². The Morgan fingerprint density at radius 1 is 0.761 bits per heavy atom. The van der Waals surface area contributed by atoms with Gasteiger partial charge in [-0.25, -0.2) is 0 Å². The summed E-state index contributed by atoms with van der Waals surface area (Å²) in [5, 5.41) is 8.94. The fourth-order valence-electron chi connectivity index (χ4n) is 4.49. The first-order valence-corrected chi connectivity index (χ1v) is 15.7. The Balaban J connectivity index is 1.29. The molecule has 0 fully saturated rings. The van der Waals surface area contributed by atoms with Gasteiger partial charge in [-0.2, -0.15) is 0 Å². The normalized spacial score (nSPS) is 11.0. The number of hydrogen-bond acceptors (Lipinski definition) is 5. The first kappa shape index (κ1) is 32.1. The SMILES string of the molecule is COc1ccc(Cl)cc1NC(=O)CSc1cccc(NC(=O)/C(=C\c2ccc(-c3ccccc3)cc2)NC(=O)c2ccccc2)c1. The Labute approximate surface area is 276 Å². The highest BCUT2D eigenvalue weighted by atomic mass is 35.5. The van der Waals surface area contributed by atoms with Gasteiger partial charge < -0.3 is 20.7 Å². The number of rotatable bonds is 11. The number of thioether (sulfide) groups is 1. The smallest absolute Gasteiger partial charge is 0.272 e. The largest absolute Gasteiger partial charge is 0.495 e. The molecule has 0 spiro atoms. The number of benzene rings is 5. The molecule has 5 rings (SSSR count). The highest BCUT2D eigenvalue weighted by Gasteiger charge is 2.16. The number of halogens is 1. The lowest BCUT2D eigenvalue weighted by Gasteiger charge is -2.13. The molecule has 0 aliphatic heterocycles. The third kappa shape index (κ3) is 8.88. The monoisotopic (exact) mass is 647 g/mol. The number of nitrogens with one attached hydrogen (secondary N) is 3. The molecule has 0 aromatic heterocycles. The van der Waals surface area contributed by atoms with Crippen LogP contribution in [-0.4, -0.2) is 30.6 Å². The van der Waals surface area contributed by atoms with Crippen molar-refractivity contribution in [2.75, 3.05) is 23.5 Å². The summed E-state index contributed by atoms with van der Waals surface area (Å²) in [6.45, 7) is 0. The lowest BCUT2D eigenvalue weighted by molar-refractivity contribution is -0.114. The van der Waals surface area contributed by atoms with Crippen LogP contribution >= 0.6 is 23.4 Å². The van der Waals surface area contributed by atoms with Gasteiger partial charge in [0.25, 0.3) is 11.8 Å². The van der Waals surface area contributed by atoms with Gasteiger partial charge >= 0.3 is 0 Å². The molecule has 5 aromatic rings. The Bertz CT molecular complexity index is 1860. The van der Waals surface area contributed by atoms with E-state index < -0.39 is 11.8 Å². The van der Waals surface area contributed by atoms with Crippen LogP contribution in [-0.2, 0) is 9.59 Å². The second-order valence-corrected chi connectivity index (χ2v) is 11.5. The Kier molecular flexibility index (Phi) is 10.9. The van der Waals surface area contributed by atoms with Gasteiger partial charge in [0.1, 0.15) is 11.4 Å². The van der Waals surface area contributed by atoms with E-state index in [0.717, 1.165) is 21.6 Å². The van der Waals surface area contributed by atoms with Crippen molar-refractivity contribution in [1.82, 2.24) is 5.32 Å². The number of carbonyl (C=O) groups is 3. The van der Waals surface area contributed by atoms with Gasteiger partial charge in [0.05, 0.1) is 18.6 Å². The maximum Gasteiger partial charge on any atom is 0.272 e. The van der Waals surface area contributed by atoms with E-state index in [1.165, 1.54) is 18.9 Å². The maximum atomic E-state index is 13.6. The first-order chi connectivity index (χ1) is 22.4. The summed E-state index contributed by atoms with van der Waals surface area (Å²) in [7, 11) is 1.52. The zero-order valence-corrected chi connectivity index (χ0v) is 26.4. The molecule has 7 nitrogen and oxygen atoms in total. The van der Waals surface area contributed by atoms with Gasteiger partial charge in [0.2, 0.25) is 5.91 Å². The van der Waals surface area contributed by atoms with Crippen LogP contribution in [0.25, 0.3) is 17.2 Å². The molecule has 0 aliphatic carbocycles. The zero-order chi connectivity index (χ0) is 32.3. The first-order valence-electron chi connectivity index (χ1n) is 14.3. The van der Waals surface area contributed by atoms with Gasteiger partial charge in [-0.1, -0.05) is 90.5 Å². The molecule has 0 bridgehead atoms. The van der Waals surface area contributed by atoms with Crippen molar-refractivity contribution in [3.8, 4) is 16.9 Å². The fraction of sp³-hybridized carbons (Fsp3) is 0.0541. The molecule has 5 aromatic carbocycles. The van der Waals surface area contributed by atoms with E-state index in [1.54, 1.807) is 66.7 Å². The van der Waals surface area contributed by atoms with Crippen LogP contribution in [0.5, 0.6) is 5.75 Å². The summed E-state index contributed by atoms with van der Waals surface area (Å²) in [6.07, 6.45) is 1.64. The molecular weight excluding hydrogens is 618 g/mol. The third-order valence-electron chi connectivity index (χ3n) is 6.76. The van der Waals surface area contributed by atoms with Crippen LogP contribution in [0.1, 0.15) is 15.9 Å². The molecule has 9 heteroatoms. The van der Waals surface area contributed by atoms with E-state index in [4.69, 9.17) is 16.3 Å². The van der Waals surface area contributed by atoms with E-state index in [-0.39, 0.29) is 17.4 Å². The van der Waals surface area contributed by atoms with Crippen molar-refractivity contribution in [2.24, 2.45) is 0 Å². The second-order valence-electron chi connectivity index (χ2n) is 10.0. The molecule has 230 valence electrons. The Morgan fingerprint density at radius 2 is 1.46 bits per heavy atom. The van der Waals surface area contributed by atoms with Gasteiger partial charge in [-0.3, -0.25) is 14.4 Å². The van der Waals surface area contributed by atoms with Crippen LogP contribution < -0.4 is 20.7 Å². The molecule has 0 atom stereocenters. The molecule has 3 N–H and O–H groups in total. The Morgan fingerprint density at radius 3 is 2.17 bits per heavy atom. The molecule has 0 aliphatic rings. The van der Waals surface area contributed by atoms with Gasteiger partial charge in [-0.15, -0.1) is 11.8 Å². The average molecular weight is 648 g/mol. The molecule has 0 saturated carbocycles. The highest BCUT2D eigenvalue weighted by molar-refractivity contribution is 8.00. The number of hydrogen-bond donors (Lipinski definition) is 3. The van der Waals surface area contributed by atoms with Crippen molar-refractivity contribution in [1.29, 1.82) is 0 Å². The van der Waals surface area contributed by atoms with Gasteiger partial charge in [-0.05, 0) is 71.3 Å². The number of ether oxygens (including phenoxy) is 1. The Hall–Kier alpha value is -5.31. The molecule has 3 amide bonds. The van der Waals surface area contributed by atoms with E-state index in [9.17, 15) is 14.4 Å². The molecule has 0 radical (unpaired) electrons. The van der Waals surface area contributed by atoms with Crippen molar-refractivity contribution in [3.05, 3.63) is 149 Å². The highest BCUT2D eigenvalue weighted by Crippen LogP contribution is 2.29. The standard InChI is InChI=1S/C37H30ClN3O4S/c1-45-34-20-19-29(38)22-32(34)40-35(42)24-46-31-14-8-13-30(23-31)39-37(44)33(41-36(43)28-11-6-3-7-12-28)21-25-15-17-27(18-16-25)26-9-4-2-5-10-26/h2-23H,24H2,1H3,(H,39,44)(H,40,42)(H,41,43)/b33-21+. The van der Waals surface area contributed by atoms with E-state index in [0.29, 0.717) is 27.7 Å². The van der Waals surface area contributed by atoms with E-state index >= 15 is 0 Å². The lowest BCUT2D eigenvalue weighted by atomic mass is 10.0. The summed E-state index contributed by atoms with van der Waals surface area (Å²) in [6, 6.07) is 38.5. The summed E-state index contributed by atoms with van der Waals surface area (Å²) < 4.78 is 5.29. The summed E-state index contributed by atoms with van der Waals surface area (Å²) >= 11 is 7.37. The molecular formula is C37H30ClN3O4S. The topological polar surface area (TPSA) is 96.5 Å². The number of methoxy groups -OCH3 is 1. The van der Waals surface area contributed by atoms with Crippen LogP contribution in [0.3, 0.4) is 0 Å². The van der Waals surface area contributed by atoms with Crippen LogP contribution in [0.2, 0.25) is 5.02 Å². The van der Waals surface area contributed by atoms with Crippen molar-refractivity contribution < 1.29 is 19.1 Å². The average Bonchev–Trinajstić information content (AvgIpc) is 3.08. The van der Waals surface area contributed by atoms with Crippen molar-refractivity contribution >= 4 is 58.5 Å². The predicted octanol–water partition coefficient (Wildman–Crippen LogP) is 8.16. The maximum absolute atomic E-state index is 13.6. The van der Waals surface area contributed by atoms with Crippen LogP contribution in [0.4, 0.5) is 11.4 Å².